The van der Waals surface area contributed by atoms with Gasteiger partial charge in [-0.3, -0.25) is 0 Å². The third-order valence-electron chi connectivity index (χ3n) is 7.73. The third kappa shape index (κ3) is 6.67. The average molecular weight is 573 g/mol. The summed E-state index contributed by atoms with van der Waals surface area (Å²) in [4.78, 5) is 11.5. The highest BCUT2D eigenvalue weighted by Crippen LogP contribution is 2.57. The molecule has 0 unspecified atom stereocenters. The van der Waals surface area contributed by atoms with Crippen molar-refractivity contribution in [2.45, 2.75) is 49.9 Å². The smallest absolute Gasteiger partial charge is 0.427 e. The van der Waals surface area contributed by atoms with E-state index in [-0.39, 0.29) is 0 Å². The van der Waals surface area contributed by atoms with E-state index in [2.05, 4.69) is 95.2 Å². The third-order valence-corrected chi connectivity index (χ3v) is 11.0. The molecule has 0 amide bonds. The summed E-state index contributed by atoms with van der Waals surface area (Å²) in [5.74, 6) is -2.28. The Labute approximate surface area is 229 Å². The number of carbonyl (C=O) groups excluding carboxylic acids is 1. The van der Waals surface area contributed by atoms with Crippen LogP contribution in [0.2, 0.25) is 0 Å². The number of alkyl halides is 2. The molecular weight excluding hydrogens is 541 g/mol. The topological polar surface area (TPSA) is 69.7 Å². The van der Waals surface area contributed by atoms with E-state index in [9.17, 15) is 22.0 Å². The first-order valence-corrected chi connectivity index (χ1v) is 15.9. The highest BCUT2D eigenvalue weighted by atomic mass is 32.2. The van der Waals surface area contributed by atoms with Gasteiger partial charge in [0.1, 0.15) is 5.60 Å². The van der Waals surface area contributed by atoms with Crippen LogP contribution >= 0.6 is 7.92 Å². The largest absolute Gasteiger partial charge is 0.524 e. The highest BCUT2D eigenvalue weighted by molar-refractivity contribution is 7.87. The molecular formula is C30H31F2O5PS. The SMILES string of the molecule is O=C(OC12CC3CC(CC(C3)C1)C2)OS(=O)(=O)C(F)F.c1ccc(P(c2ccccc2)c2ccccc2)cc1. The second-order valence-electron chi connectivity index (χ2n) is 10.6. The normalized spacial score (nSPS) is 25.2. The van der Waals surface area contributed by atoms with Crippen molar-refractivity contribution in [1.29, 1.82) is 0 Å². The zero-order valence-electron chi connectivity index (χ0n) is 21.4. The van der Waals surface area contributed by atoms with Crippen molar-refractivity contribution in [2.24, 2.45) is 17.8 Å². The van der Waals surface area contributed by atoms with Crippen molar-refractivity contribution in [2.75, 3.05) is 0 Å². The lowest BCUT2D eigenvalue weighted by Gasteiger charge is -2.55. The molecule has 0 N–H and O–H groups in total. The van der Waals surface area contributed by atoms with Gasteiger partial charge < -0.3 is 8.92 Å². The first-order valence-electron chi connectivity index (χ1n) is 13.1. The standard InChI is InChI=1S/C18H15P.C12H16F2O5S/c1-4-10-16(11-5-1)19(17-12-6-2-7-13-17)18-14-8-3-9-15-18;13-10(14)20(16,17)19-11(15)18-12-4-7-1-8(5-12)3-9(2-7)6-12/h1-15H;7-10H,1-6H2. The minimum absolute atomic E-state index is 0.446. The van der Waals surface area contributed by atoms with E-state index in [4.69, 9.17) is 4.74 Å². The van der Waals surface area contributed by atoms with Crippen LogP contribution in [-0.2, 0) is 19.0 Å². The summed E-state index contributed by atoms with van der Waals surface area (Å²) in [6.45, 7) is 0. The first-order chi connectivity index (χ1) is 18.7. The van der Waals surface area contributed by atoms with Crippen molar-refractivity contribution >= 4 is 40.1 Å². The van der Waals surface area contributed by atoms with Crippen LogP contribution in [0.4, 0.5) is 13.6 Å². The molecule has 0 aliphatic heterocycles. The number of hydrogen-bond acceptors (Lipinski definition) is 5. The molecule has 0 aromatic heterocycles. The molecule has 4 saturated carbocycles. The van der Waals surface area contributed by atoms with Crippen LogP contribution in [0.25, 0.3) is 0 Å². The van der Waals surface area contributed by atoms with Gasteiger partial charge in [0.15, 0.2) is 0 Å². The average Bonchev–Trinajstić information content (AvgIpc) is 2.89. The molecule has 4 aliphatic rings. The number of halogens is 2. The van der Waals surface area contributed by atoms with Gasteiger partial charge >= 0.3 is 22.0 Å². The van der Waals surface area contributed by atoms with E-state index in [1.165, 1.54) is 15.9 Å². The Kier molecular flexibility index (Phi) is 8.34. The zero-order chi connectivity index (χ0) is 27.5. The molecule has 0 spiro atoms. The lowest BCUT2D eigenvalue weighted by Crippen LogP contribution is -2.52. The molecule has 7 rings (SSSR count). The molecule has 206 valence electrons. The Hall–Kier alpha value is -2.83. The summed E-state index contributed by atoms with van der Waals surface area (Å²) in [7, 11) is -5.63. The molecule has 0 radical (unpaired) electrons. The van der Waals surface area contributed by atoms with Gasteiger partial charge in [0.2, 0.25) is 0 Å². The minimum Gasteiger partial charge on any atom is -0.427 e. The van der Waals surface area contributed by atoms with Gasteiger partial charge in [-0.1, -0.05) is 91.0 Å². The minimum atomic E-state index is -5.19. The van der Waals surface area contributed by atoms with Gasteiger partial charge in [-0.2, -0.15) is 17.2 Å². The molecule has 4 aliphatic carbocycles. The maximum absolute atomic E-state index is 12.2. The van der Waals surface area contributed by atoms with Crippen molar-refractivity contribution < 1.29 is 30.9 Å². The molecule has 3 aromatic carbocycles. The number of benzene rings is 3. The van der Waals surface area contributed by atoms with E-state index in [0.29, 0.717) is 37.0 Å². The second-order valence-corrected chi connectivity index (χ2v) is 14.4. The van der Waals surface area contributed by atoms with Crippen LogP contribution in [0.15, 0.2) is 91.0 Å². The van der Waals surface area contributed by atoms with Crippen LogP contribution in [0.5, 0.6) is 0 Å². The Bertz CT molecular complexity index is 1220. The molecule has 39 heavy (non-hydrogen) atoms. The van der Waals surface area contributed by atoms with Crippen LogP contribution in [0.1, 0.15) is 38.5 Å². The van der Waals surface area contributed by atoms with Crippen LogP contribution < -0.4 is 15.9 Å². The number of hydrogen-bond donors (Lipinski definition) is 0. The van der Waals surface area contributed by atoms with Gasteiger partial charge in [-0.15, -0.1) is 0 Å². The van der Waals surface area contributed by atoms with E-state index in [1.54, 1.807) is 0 Å². The molecule has 0 saturated heterocycles. The summed E-state index contributed by atoms with van der Waals surface area (Å²) in [6, 6.07) is 32.3. The molecule has 3 aromatic rings. The molecule has 5 nitrogen and oxygen atoms in total. The van der Waals surface area contributed by atoms with Gasteiger partial charge in [0.05, 0.1) is 0 Å². The molecule has 4 bridgehead atoms. The quantitative estimate of drug-likeness (QED) is 0.203. The Morgan fingerprint density at radius 2 is 1.08 bits per heavy atom. The number of carbonyl (C=O) groups is 1. The Morgan fingerprint density at radius 1 is 0.718 bits per heavy atom. The fourth-order valence-electron chi connectivity index (χ4n) is 6.66. The van der Waals surface area contributed by atoms with E-state index in [0.717, 1.165) is 19.3 Å². The number of ether oxygens (including phenoxy) is 1. The van der Waals surface area contributed by atoms with Crippen molar-refractivity contribution in [1.82, 2.24) is 0 Å². The monoisotopic (exact) mass is 572 g/mol. The predicted octanol–water partition coefficient (Wildman–Crippen LogP) is 6.11. The fraction of sp³-hybridized carbons (Fsp3) is 0.367. The fourth-order valence-corrected chi connectivity index (χ4v) is 9.26. The van der Waals surface area contributed by atoms with Crippen molar-refractivity contribution in [3.8, 4) is 0 Å². The Morgan fingerprint density at radius 3 is 1.41 bits per heavy atom. The highest BCUT2D eigenvalue weighted by Gasteiger charge is 2.53. The second kappa shape index (κ2) is 11.7. The molecule has 9 heteroatoms. The van der Waals surface area contributed by atoms with E-state index >= 15 is 0 Å². The Balaban J connectivity index is 0.000000158. The van der Waals surface area contributed by atoms with Gasteiger partial charge in [0, 0.05) is 0 Å². The summed E-state index contributed by atoms with van der Waals surface area (Å²) in [6.07, 6.45) is 3.88. The lowest BCUT2D eigenvalue weighted by atomic mass is 9.54. The summed E-state index contributed by atoms with van der Waals surface area (Å²) >= 11 is 0. The van der Waals surface area contributed by atoms with Gasteiger partial charge in [0.25, 0.3) is 0 Å². The molecule has 0 heterocycles. The number of rotatable bonds is 6. The lowest BCUT2D eigenvalue weighted by molar-refractivity contribution is -0.135. The van der Waals surface area contributed by atoms with E-state index in [1.807, 2.05) is 0 Å². The molecule has 0 atom stereocenters. The zero-order valence-corrected chi connectivity index (χ0v) is 23.1. The van der Waals surface area contributed by atoms with Crippen LogP contribution in [0, 0.1) is 17.8 Å². The van der Waals surface area contributed by atoms with Gasteiger partial charge in [-0.25, -0.2) is 4.79 Å². The summed E-state index contributed by atoms with van der Waals surface area (Å²) in [5.41, 5.74) is -0.705. The van der Waals surface area contributed by atoms with Crippen molar-refractivity contribution in [3.63, 3.8) is 0 Å². The maximum Gasteiger partial charge on any atom is 0.524 e. The van der Waals surface area contributed by atoms with Crippen molar-refractivity contribution in [3.05, 3.63) is 91.0 Å². The summed E-state index contributed by atoms with van der Waals surface area (Å²) < 4.78 is 55.0. The maximum atomic E-state index is 12.2. The molecule has 4 fully saturated rings. The van der Waals surface area contributed by atoms with Crippen LogP contribution in [0.3, 0.4) is 0 Å². The van der Waals surface area contributed by atoms with Gasteiger partial charge in [-0.05, 0) is 80.1 Å². The van der Waals surface area contributed by atoms with Crippen LogP contribution in [-0.4, -0.2) is 25.9 Å². The predicted molar refractivity (Wildman–Crippen MR) is 149 cm³/mol. The van der Waals surface area contributed by atoms with E-state index < -0.39 is 35.6 Å². The summed E-state index contributed by atoms with van der Waals surface area (Å²) in [5, 5.41) is 4.19. The first kappa shape index (κ1) is 27.7.